The van der Waals surface area contributed by atoms with Crippen molar-refractivity contribution in [2.24, 2.45) is 5.92 Å². The summed E-state index contributed by atoms with van der Waals surface area (Å²) in [7, 11) is 0. The first-order chi connectivity index (χ1) is 8.62. The Kier molecular flexibility index (Phi) is 2.83. The summed E-state index contributed by atoms with van der Waals surface area (Å²) < 4.78 is 5.96. The van der Waals surface area contributed by atoms with E-state index in [0.29, 0.717) is 10.9 Å². The second-order valence-electron chi connectivity index (χ2n) is 5.37. The SMILES string of the molecule is CC(C)C1(c2nc3ccc(Cl)cc3o2)CCNC1. The van der Waals surface area contributed by atoms with Gasteiger partial charge in [-0.1, -0.05) is 25.4 Å². The summed E-state index contributed by atoms with van der Waals surface area (Å²) in [5, 5.41) is 4.11. The van der Waals surface area contributed by atoms with Crippen LogP contribution in [0, 0.1) is 5.92 Å². The standard InChI is InChI=1S/C14H17ClN2O/c1-9(2)14(5-6-16-8-14)13-17-11-4-3-10(15)7-12(11)18-13/h3-4,7,9,16H,5-6,8H2,1-2H3. The normalized spacial score (nSPS) is 24.2. The van der Waals surface area contributed by atoms with Gasteiger partial charge in [0.2, 0.25) is 5.89 Å². The van der Waals surface area contributed by atoms with Gasteiger partial charge in [0.1, 0.15) is 5.52 Å². The Morgan fingerprint density at radius 2 is 2.28 bits per heavy atom. The molecular formula is C14H17ClN2O. The molecule has 1 atom stereocenters. The van der Waals surface area contributed by atoms with Crippen LogP contribution in [0.15, 0.2) is 22.6 Å². The van der Waals surface area contributed by atoms with E-state index in [2.05, 4.69) is 24.1 Å². The van der Waals surface area contributed by atoms with E-state index >= 15 is 0 Å². The van der Waals surface area contributed by atoms with Gasteiger partial charge in [0.25, 0.3) is 0 Å². The number of oxazole rings is 1. The van der Waals surface area contributed by atoms with Crippen molar-refractivity contribution in [3.63, 3.8) is 0 Å². The van der Waals surface area contributed by atoms with Crippen LogP contribution in [-0.2, 0) is 5.41 Å². The van der Waals surface area contributed by atoms with Gasteiger partial charge in [0, 0.05) is 17.6 Å². The largest absolute Gasteiger partial charge is 0.440 e. The van der Waals surface area contributed by atoms with E-state index in [9.17, 15) is 0 Å². The lowest BCUT2D eigenvalue weighted by atomic mass is 9.76. The van der Waals surface area contributed by atoms with Crippen molar-refractivity contribution in [2.75, 3.05) is 13.1 Å². The first-order valence-electron chi connectivity index (χ1n) is 6.39. The molecular weight excluding hydrogens is 248 g/mol. The lowest BCUT2D eigenvalue weighted by molar-refractivity contribution is 0.269. The van der Waals surface area contributed by atoms with Crippen LogP contribution in [0.3, 0.4) is 0 Å². The second kappa shape index (κ2) is 4.25. The summed E-state index contributed by atoms with van der Waals surface area (Å²) in [5.74, 6) is 1.34. The summed E-state index contributed by atoms with van der Waals surface area (Å²) in [6.07, 6.45) is 1.07. The number of hydrogen-bond acceptors (Lipinski definition) is 3. The molecule has 1 aliphatic heterocycles. The zero-order valence-corrected chi connectivity index (χ0v) is 11.4. The molecule has 1 aromatic carbocycles. The van der Waals surface area contributed by atoms with E-state index in [1.165, 1.54) is 0 Å². The number of rotatable bonds is 2. The minimum Gasteiger partial charge on any atom is -0.440 e. The number of nitrogens with one attached hydrogen (secondary N) is 1. The minimum atomic E-state index is 0.0193. The fraction of sp³-hybridized carbons (Fsp3) is 0.500. The Balaban J connectivity index is 2.12. The molecule has 0 bridgehead atoms. The van der Waals surface area contributed by atoms with Crippen molar-refractivity contribution in [1.29, 1.82) is 0 Å². The van der Waals surface area contributed by atoms with Gasteiger partial charge in [0.15, 0.2) is 5.58 Å². The average Bonchev–Trinajstić information content (AvgIpc) is 2.94. The molecule has 1 aromatic heterocycles. The van der Waals surface area contributed by atoms with Crippen LogP contribution >= 0.6 is 11.6 Å². The molecule has 1 N–H and O–H groups in total. The van der Waals surface area contributed by atoms with Gasteiger partial charge in [-0.3, -0.25) is 0 Å². The highest BCUT2D eigenvalue weighted by Crippen LogP contribution is 2.38. The smallest absolute Gasteiger partial charge is 0.203 e. The maximum absolute atomic E-state index is 5.98. The molecule has 2 aromatic rings. The van der Waals surface area contributed by atoms with Crippen molar-refractivity contribution in [1.82, 2.24) is 10.3 Å². The third-order valence-corrected chi connectivity index (χ3v) is 4.31. The predicted octanol–water partition coefficient (Wildman–Crippen LogP) is 3.37. The van der Waals surface area contributed by atoms with Gasteiger partial charge in [-0.15, -0.1) is 0 Å². The molecule has 0 saturated carbocycles. The minimum absolute atomic E-state index is 0.0193. The summed E-state index contributed by atoms with van der Waals surface area (Å²) in [6.45, 7) is 6.42. The van der Waals surface area contributed by atoms with Crippen LogP contribution < -0.4 is 5.32 Å². The third-order valence-electron chi connectivity index (χ3n) is 4.07. The van der Waals surface area contributed by atoms with Gasteiger partial charge >= 0.3 is 0 Å². The highest BCUT2D eigenvalue weighted by molar-refractivity contribution is 6.31. The van der Waals surface area contributed by atoms with Crippen molar-refractivity contribution < 1.29 is 4.42 Å². The Hall–Kier alpha value is -1.06. The number of nitrogens with zero attached hydrogens (tertiary/aromatic N) is 1. The molecule has 0 aliphatic carbocycles. The number of benzene rings is 1. The number of hydrogen-bond donors (Lipinski definition) is 1. The number of fused-ring (bicyclic) bond motifs is 1. The van der Waals surface area contributed by atoms with Gasteiger partial charge < -0.3 is 9.73 Å². The zero-order chi connectivity index (χ0) is 12.8. The number of aromatic nitrogens is 1. The second-order valence-corrected chi connectivity index (χ2v) is 5.81. The van der Waals surface area contributed by atoms with Crippen LogP contribution in [0.25, 0.3) is 11.1 Å². The molecule has 0 radical (unpaired) electrons. The van der Waals surface area contributed by atoms with E-state index in [0.717, 1.165) is 36.5 Å². The zero-order valence-electron chi connectivity index (χ0n) is 10.7. The van der Waals surface area contributed by atoms with Crippen molar-refractivity contribution in [2.45, 2.75) is 25.7 Å². The molecule has 1 saturated heterocycles. The molecule has 96 valence electrons. The highest BCUT2D eigenvalue weighted by Gasteiger charge is 2.42. The molecule has 18 heavy (non-hydrogen) atoms. The lowest BCUT2D eigenvalue weighted by Crippen LogP contribution is -2.35. The van der Waals surface area contributed by atoms with Gasteiger partial charge in [0.05, 0.1) is 5.41 Å². The monoisotopic (exact) mass is 264 g/mol. The van der Waals surface area contributed by atoms with Gasteiger partial charge in [-0.25, -0.2) is 4.98 Å². The van der Waals surface area contributed by atoms with Crippen LogP contribution in [-0.4, -0.2) is 18.1 Å². The summed E-state index contributed by atoms with van der Waals surface area (Å²) in [5.41, 5.74) is 1.69. The quantitative estimate of drug-likeness (QED) is 0.904. The van der Waals surface area contributed by atoms with Crippen molar-refractivity contribution in [3.05, 3.63) is 29.1 Å². The Morgan fingerprint density at radius 1 is 1.44 bits per heavy atom. The Morgan fingerprint density at radius 3 is 2.94 bits per heavy atom. The summed E-state index contributed by atoms with van der Waals surface area (Å²) in [4.78, 5) is 4.66. The molecule has 1 aliphatic rings. The predicted molar refractivity (Wildman–Crippen MR) is 73.0 cm³/mol. The van der Waals surface area contributed by atoms with E-state index in [-0.39, 0.29) is 5.41 Å². The summed E-state index contributed by atoms with van der Waals surface area (Å²) >= 11 is 5.98. The average molecular weight is 265 g/mol. The first kappa shape index (κ1) is 12.0. The highest BCUT2D eigenvalue weighted by atomic mass is 35.5. The third kappa shape index (κ3) is 1.73. The van der Waals surface area contributed by atoms with Crippen LogP contribution in [0.4, 0.5) is 0 Å². The molecule has 4 heteroatoms. The van der Waals surface area contributed by atoms with E-state index in [1.807, 2.05) is 18.2 Å². The Bertz CT molecular complexity index is 570. The molecule has 3 rings (SSSR count). The number of halogens is 1. The molecule has 0 spiro atoms. The molecule has 1 unspecified atom stereocenters. The van der Waals surface area contributed by atoms with Crippen LogP contribution in [0.5, 0.6) is 0 Å². The molecule has 0 amide bonds. The van der Waals surface area contributed by atoms with Gasteiger partial charge in [-0.2, -0.15) is 0 Å². The van der Waals surface area contributed by atoms with E-state index < -0.39 is 0 Å². The molecule has 3 nitrogen and oxygen atoms in total. The summed E-state index contributed by atoms with van der Waals surface area (Å²) in [6, 6.07) is 5.61. The molecule has 1 fully saturated rings. The van der Waals surface area contributed by atoms with E-state index in [1.54, 1.807) is 0 Å². The van der Waals surface area contributed by atoms with Gasteiger partial charge in [-0.05, 0) is 31.0 Å². The van der Waals surface area contributed by atoms with Crippen molar-refractivity contribution in [3.8, 4) is 0 Å². The first-order valence-corrected chi connectivity index (χ1v) is 6.77. The fourth-order valence-corrected chi connectivity index (χ4v) is 2.91. The van der Waals surface area contributed by atoms with E-state index in [4.69, 9.17) is 16.0 Å². The van der Waals surface area contributed by atoms with Crippen LogP contribution in [0.1, 0.15) is 26.2 Å². The maximum atomic E-state index is 5.98. The Labute approximate surface area is 112 Å². The lowest BCUT2D eigenvalue weighted by Gasteiger charge is -2.28. The van der Waals surface area contributed by atoms with Crippen molar-refractivity contribution >= 4 is 22.7 Å². The topological polar surface area (TPSA) is 38.1 Å². The fourth-order valence-electron chi connectivity index (χ4n) is 2.74. The maximum Gasteiger partial charge on any atom is 0.203 e. The molecule has 2 heterocycles. The van der Waals surface area contributed by atoms with Crippen LogP contribution in [0.2, 0.25) is 5.02 Å².